The molecular weight excluding hydrogens is 323 g/mol. The molecule has 18 heavy (non-hydrogen) atoms. The number of hydrogen-bond donors (Lipinski definition) is 4. The van der Waals surface area contributed by atoms with Crippen LogP contribution in [-0.4, -0.2) is 33.3 Å². The van der Waals surface area contributed by atoms with Crippen molar-refractivity contribution >= 4 is 53.4 Å². The molecule has 0 unspecified atom stereocenters. The van der Waals surface area contributed by atoms with Crippen LogP contribution in [0.15, 0.2) is 16.5 Å². The van der Waals surface area contributed by atoms with Gasteiger partial charge < -0.3 is 0 Å². The predicted molar refractivity (Wildman–Crippen MR) is 66.2 cm³/mol. The summed E-state index contributed by atoms with van der Waals surface area (Å²) < 4.78 is 34.7. The van der Waals surface area contributed by atoms with Gasteiger partial charge >= 0.3 is 109 Å². The standard InChI is InChI=1S/C9H9AsN2O5S/c1-4(13)11-6-2-5(10(14,15)16)3-7-8(6)17-9(18)12-7/h2-3H,1H3,(H,11,13)(H,12,18)(H2,14,15,16). The third-order valence-electron chi connectivity index (χ3n) is 2.15. The average molecular weight is 332 g/mol. The zero-order valence-corrected chi connectivity index (χ0v) is 11.8. The van der Waals surface area contributed by atoms with Gasteiger partial charge in [0.15, 0.2) is 0 Å². The van der Waals surface area contributed by atoms with Crippen LogP contribution in [0.4, 0.5) is 5.69 Å². The van der Waals surface area contributed by atoms with E-state index in [4.69, 9.17) is 16.6 Å². The van der Waals surface area contributed by atoms with E-state index in [2.05, 4.69) is 10.3 Å². The fourth-order valence-electron chi connectivity index (χ4n) is 1.50. The van der Waals surface area contributed by atoms with Gasteiger partial charge in [0.05, 0.1) is 0 Å². The molecule has 0 aliphatic rings. The molecule has 0 atom stereocenters. The number of anilines is 1. The average Bonchev–Trinajstić information content (AvgIpc) is 2.56. The molecule has 1 heterocycles. The van der Waals surface area contributed by atoms with Crippen LogP contribution in [0.5, 0.6) is 0 Å². The van der Waals surface area contributed by atoms with Gasteiger partial charge in [0.2, 0.25) is 0 Å². The SMILES string of the molecule is CC(=O)Nc1cc([As](=O)(O)O)cc2[nH]c(=S)oc12. The number of aromatic amines is 1. The molecule has 0 fully saturated rings. The summed E-state index contributed by atoms with van der Waals surface area (Å²) in [5, 5.41) is 2.44. The van der Waals surface area contributed by atoms with Crippen molar-refractivity contribution < 1.29 is 21.1 Å². The Kier molecular flexibility index (Phi) is 3.20. The van der Waals surface area contributed by atoms with Gasteiger partial charge in [-0.25, -0.2) is 0 Å². The number of fused-ring (bicyclic) bond motifs is 1. The van der Waals surface area contributed by atoms with Crippen LogP contribution in [0, 0.1) is 4.84 Å². The van der Waals surface area contributed by atoms with Crippen LogP contribution in [0.25, 0.3) is 11.1 Å². The van der Waals surface area contributed by atoms with E-state index in [0.717, 1.165) is 0 Å². The Morgan fingerprint density at radius 2 is 2.17 bits per heavy atom. The number of amides is 1. The number of rotatable bonds is 2. The number of carbonyl (C=O) groups excluding carboxylic acids is 1. The number of carbonyl (C=O) groups is 1. The Morgan fingerprint density at radius 3 is 2.72 bits per heavy atom. The van der Waals surface area contributed by atoms with E-state index in [-0.39, 0.29) is 26.4 Å². The Balaban J connectivity index is 2.75. The van der Waals surface area contributed by atoms with Gasteiger partial charge in [-0.3, -0.25) is 0 Å². The summed E-state index contributed by atoms with van der Waals surface area (Å²) in [5.74, 6) is -0.381. The molecule has 2 aromatic rings. The summed E-state index contributed by atoms with van der Waals surface area (Å²) in [6.07, 6.45) is 0. The molecule has 0 saturated heterocycles. The number of oxazole rings is 1. The molecule has 0 aliphatic carbocycles. The monoisotopic (exact) mass is 332 g/mol. The summed E-state index contributed by atoms with van der Waals surface area (Å²) >= 11 is -0.266. The summed E-state index contributed by atoms with van der Waals surface area (Å²) in [4.78, 5) is 13.8. The minimum absolute atomic E-state index is 0.0618. The summed E-state index contributed by atoms with van der Waals surface area (Å²) in [5.41, 5.74) is 0.751. The van der Waals surface area contributed by atoms with E-state index >= 15 is 0 Å². The van der Waals surface area contributed by atoms with Crippen LogP contribution in [-0.2, 0) is 8.53 Å². The number of H-pyrrole nitrogens is 1. The van der Waals surface area contributed by atoms with Gasteiger partial charge in [-0.2, -0.15) is 0 Å². The van der Waals surface area contributed by atoms with Crippen LogP contribution < -0.4 is 9.67 Å². The van der Waals surface area contributed by atoms with Gasteiger partial charge in [0, 0.05) is 0 Å². The van der Waals surface area contributed by atoms with Crippen LogP contribution in [0.1, 0.15) is 6.92 Å². The van der Waals surface area contributed by atoms with Gasteiger partial charge in [-0.1, -0.05) is 0 Å². The number of nitrogens with one attached hydrogen (secondary N) is 2. The molecule has 96 valence electrons. The first-order valence-electron chi connectivity index (χ1n) is 4.78. The van der Waals surface area contributed by atoms with Crippen molar-refractivity contribution in [3.05, 3.63) is 17.0 Å². The van der Waals surface area contributed by atoms with Crippen LogP contribution >= 0.6 is 12.2 Å². The van der Waals surface area contributed by atoms with E-state index in [9.17, 15) is 16.7 Å². The van der Waals surface area contributed by atoms with Crippen molar-refractivity contribution in [1.29, 1.82) is 0 Å². The third kappa shape index (κ3) is 2.56. The first-order valence-corrected chi connectivity index (χ1v) is 8.57. The second-order valence-corrected chi connectivity index (χ2v) is 7.35. The van der Waals surface area contributed by atoms with E-state index in [1.807, 2.05) is 0 Å². The summed E-state index contributed by atoms with van der Waals surface area (Å²) in [7, 11) is 0. The molecule has 1 aromatic heterocycles. The Bertz CT molecular complexity index is 728. The number of benzene rings is 1. The quantitative estimate of drug-likeness (QED) is 0.455. The van der Waals surface area contributed by atoms with Gasteiger partial charge in [0.1, 0.15) is 0 Å². The van der Waals surface area contributed by atoms with Crippen molar-refractivity contribution in [3.63, 3.8) is 0 Å². The Morgan fingerprint density at radius 1 is 1.50 bits per heavy atom. The first-order chi connectivity index (χ1) is 8.27. The van der Waals surface area contributed by atoms with Gasteiger partial charge in [-0.15, -0.1) is 0 Å². The van der Waals surface area contributed by atoms with E-state index in [0.29, 0.717) is 5.52 Å². The Hall–Kier alpha value is -1.34. The van der Waals surface area contributed by atoms with E-state index in [1.54, 1.807) is 0 Å². The van der Waals surface area contributed by atoms with Crippen molar-refractivity contribution in [2.24, 2.45) is 0 Å². The molecule has 4 N–H and O–H groups in total. The van der Waals surface area contributed by atoms with Crippen molar-refractivity contribution in [2.45, 2.75) is 6.92 Å². The number of hydrogen-bond acceptors (Lipinski definition) is 4. The normalized spacial score (nSPS) is 11.7. The van der Waals surface area contributed by atoms with Crippen LogP contribution in [0.3, 0.4) is 0 Å². The van der Waals surface area contributed by atoms with E-state index < -0.39 is 14.2 Å². The van der Waals surface area contributed by atoms with Gasteiger partial charge in [0.25, 0.3) is 0 Å². The predicted octanol–water partition coefficient (Wildman–Crippen LogP) is 0.00979. The molecule has 0 bridgehead atoms. The van der Waals surface area contributed by atoms with Crippen molar-refractivity contribution in [3.8, 4) is 0 Å². The van der Waals surface area contributed by atoms with E-state index in [1.165, 1.54) is 19.1 Å². The zero-order valence-electron chi connectivity index (χ0n) is 9.13. The molecule has 0 saturated carbocycles. The molecule has 7 nitrogen and oxygen atoms in total. The van der Waals surface area contributed by atoms with Crippen LogP contribution in [0.2, 0.25) is 0 Å². The van der Waals surface area contributed by atoms with Crippen molar-refractivity contribution in [1.82, 2.24) is 4.98 Å². The molecule has 1 aromatic carbocycles. The fourth-order valence-corrected chi connectivity index (χ4v) is 2.94. The molecule has 0 aliphatic heterocycles. The maximum atomic E-state index is 11.3. The molecule has 2 rings (SSSR count). The Labute approximate surface area is 109 Å². The summed E-state index contributed by atoms with van der Waals surface area (Å²) in [6.45, 7) is 1.28. The molecule has 0 spiro atoms. The molecule has 9 heteroatoms. The number of aromatic nitrogens is 1. The third-order valence-corrected chi connectivity index (χ3v) is 4.29. The second kappa shape index (κ2) is 4.40. The summed E-state index contributed by atoms with van der Waals surface area (Å²) in [6, 6.07) is 2.45. The topological polar surface area (TPSA) is 116 Å². The van der Waals surface area contributed by atoms with Gasteiger partial charge in [-0.05, 0) is 0 Å². The molecule has 0 radical (unpaired) electrons. The minimum atomic E-state index is -5.07. The first kappa shape index (κ1) is 13.1. The molecular formula is C9H9AsN2O5S. The fraction of sp³-hybridized carbons (Fsp3) is 0.111. The second-order valence-electron chi connectivity index (χ2n) is 3.61. The van der Waals surface area contributed by atoms with Crippen molar-refractivity contribution in [2.75, 3.05) is 5.32 Å². The maximum absolute atomic E-state index is 11.3. The molecule has 1 amide bonds. The zero-order chi connectivity index (χ0) is 13.5.